The van der Waals surface area contributed by atoms with Gasteiger partial charge in [-0.15, -0.1) is 0 Å². The highest BCUT2D eigenvalue weighted by molar-refractivity contribution is 5.94. The summed E-state index contributed by atoms with van der Waals surface area (Å²) in [5.41, 5.74) is 1.13. The Morgan fingerprint density at radius 3 is 2.90 bits per heavy atom. The number of aliphatic hydroxyl groups excluding tert-OH is 1. The zero-order chi connectivity index (χ0) is 15.5. The van der Waals surface area contributed by atoms with Crippen LogP contribution in [0, 0.1) is 11.8 Å². The molecule has 0 fully saturated rings. The number of rotatable bonds is 7. The second kappa shape index (κ2) is 9.95. The molecule has 0 saturated heterocycles. The van der Waals surface area contributed by atoms with Gasteiger partial charge in [0, 0.05) is 24.0 Å². The number of carbonyl (C=O) groups is 1. The number of nitrogens with zero attached hydrogens (tertiary/aromatic N) is 1. The molecule has 0 aliphatic carbocycles. The molecule has 1 heterocycles. The van der Waals surface area contributed by atoms with Crippen molar-refractivity contribution in [1.29, 1.82) is 0 Å². The second-order valence-corrected chi connectivity index (χ2v) is 5.15. The van der Waals surface area contributed by atoms with E-state index in [0.717, 1.165) is 12.8 Å². The number of unbranched alkanes of at least 4 members (excludes halogenated alkanes) is 3. The predicted molar refractivity (Wildman–Crippen MR) is 83.9 cm³/mol. The summed E-state index contributed by atoms with van der Waals surface area (Å²) in [5, 5.41) is 11.7. The monoisotopic (exact) mass is 288 g/mol. The Hall–Kier alpha value is -1.86. The van der Waals surface area contributed by atoms with Gasteiger partial charge < -0.3 is 10.4 Å². The van der Waals surface area contributed by atoms with Crippen molar-refractivity contribution in [2.75, 3.05) is 6.61 Å². The van der Waals surface area contributed by atoms with E-state index in [1.807, 2.05) is 6.92 Å². The van der Waals surface area contributed by atoms with Gasteiger partial charge in [-0.1, -0.05) is 44.4 Å². The van der Waals surface area contributed by atoms with Gasteiger partial charge in [0.05, 0.1) is 5.56 Å². The second-order valence-electron chi connectivity index (χ2n) is 5.15. The SMILES string of the molecule is CCCCCCC(C)NC(=O)c1cncc(C#CCO)c1. The maximum Gasteiger partial charge on any atom is 0.253 e. The molecule has 0 aliphatic rings. The molecule has 0 radical (unpaired) electrons. The summed E-state index contributed by atoms with van der Waals surface area (Å²) in [6, 6.07) is 1.84. The van der Waals surface area contributed by atoms with Crippen LogP contribution in [0.2, 0.25) is 0 Å². The topological polar surface area (TPSA) is 62.2 Å². The van der Waals surface area contributed by atoms with Crippen LogP contribution in [0.1, 0.15) is 61.9 Å². The summed E-state index contributed by atoms with van der Waals surface area (Å²) in [7, 11) is 0. The molecule has 1 aromatic rings. The molecule has 1 aromatic heterocycles. The summed E-state index contributed by atoms with van der Waals surface area (Å²) in [6.45, 7) is 4.00. The average molecular weight is 288 g/mol. The highest BCUT2D eigenvalue weighted by Gasteiger charge is 2.10. The molecule has 0 aliphatic heterocycles. The molecule has 0 saturated carbocycles. The number of hydrogen-bond acceptors (Lipinski definition) is 3. The van der Waals surface area contributed by atoms with Crippen LogP contribution in [-0.2, 0) is 0 Å². The Morgan fingerprint density at radius 1 is 1.38 bits per heavy atom. The molecule has 4 heteroatoms. The summed E-state index contributed by atoms with van der Waals surface area (Å²) >= 11 is 0. The number of carbonyl (C=O) groups excluding carboxylic acids is 1. The number of hydrogen-bond donors (Lipinski definition) is 2. The minimum absolute atomic E-state index is 0.127. The van der Waals surface area contributed by atoms with Crippen LogP contribution in [0.3, 0.4) is 0 Å². The van der Waals surface area contributed by atoms with E-state index < -0.39 is 0 Å². The quantitative estimate of drug-likeness (QED) is 0.598. The molecule has 0 bridgehead atoms. The fraction of sp³-hybridized carbons (Fsp3) is 0.529. The van der Waals surface area contributed by atoms with Crippen LogP contribution in [0.4, 0.5) is 0 Å². The van der Waals surface area contributed by atoms with Crippen molar-refractivity contribution in [1.82, 2.24) is 10.3 Å². The average Bonchev–Trinajstić information content (AvgIpc) is 2.50. The van der Waals surface area contributed by atoms with Crippen molar-refractivity contribution in [3.63, 3.8) is 0 Å². The van der Waals surface area contributed by atoms with Crippen LogP contribution in [0.25, 0.3) is 0 Å². The first-order valence-corrected chi connectivity index (χ1v) is 7.53. The standard InChI is InChI=1S/C17H24N2O2/c1-3-4-5-6-8-14(2)19-17(21)16-11-15(9-7-10-20)12-18-13-16/h11-14,20H,3-6,8,10H2,1-2H3,(H,19,21). The lowest BCUT2D eigenvalue weighted by Gasteiger charge is -2.13. The largest absolute Gasteiger partial charge is 0.384 e. The van der Waals surface area contributed by atoms with Gasteiger partial charge in [-0.25, -0.2) is 0 Å². The number of nitrogens with one attached hydrogen (secondary N) is 1. The summed E-state index contributed by atoms with van der Waals surface area (Å²) < 4.78 is 0. The van der Waals surface area contributed by atoms with Crippen LogP contribution >= 0.6 is 0 Å². The van der Waals surface area contributed by atoms with Crippen LogP contribution in [0.15, 0.2) is 18.5 Å². The minimum atomic E-state index is -0.203. The first-order chi connectivity index (χ1) is 10.2. The molecular formula is C17H24N2O2. The predicted octanol–water partition coefficient (Wildman–Crippen LogP) is 2.51. The van der Waals surface area contributed by atoms with E-state index in [2.05, 4.69) is 29.1 Å². The van der Waals surface area contributed by atoms with Crippen molar-refractivity contribution in [3.8, 4) is 11.8 Å². The van der Waals surface area contributed by atoms with Crippen molar-refractivity contribution < 1.29 is 9.90 Å². The normalized spacial score (nSPS) is 11.4. The Labute approximate surface area is 127 Å². The number of pyridine rings is 1. The number of aliphatic hydroxyl groups is 1. The molecule has 4 nitrogen and oxygen atoms in total. The molecule has 0 spiro atoms. The summed E-state index contributed by atoms with van der Waals surface area (Å²) in [6.07, 6.45) is 8.91. The van der Waals surface area contributed by atoms with Crippen LogP contribution in [0.5, 0.6) is 0 Å². The van der Waals surface area contributed by atoms with E-state index in [1.165, 1.54) is 25.5 Å². The third kappa shape index (κ3) is 6.92. The molecule has 114 valence electrons. The highest BCUT2D eigenvalue weighted by Crippen LogP contribution is 2.07. The smallest absolute Gasteiger partial charge is 0.253 e. The Morgan fingerprint density at radius 2 is 2.19 bits per heavy atom. The molecule has 1 unspecified atom stereocenters. The van der Waals surface area contributed by atoms with E-state index in [9.17, 15) is 4.79 Å². The van der Waals surface area contributed by atoms with Crippen LogP contribution in [-0.4, -0.2) is 28.6 Å². The first kappa shape index (κ1) is 17.2. The van der Waals surface area contributed by atoms with Gasteiger partial charge in [-0.2, -0.15) is 0 Å². The zero-order valence-electron chi connectivity index (χ0n) is 12.9. The van der Waals surface area contributed by atoms with Gasteiger partial charge in [0.15, 0.2) is 0 Å². The van der Waals surface area contributed by atoms with E-state index in [0.29, 0.717) is 11.1 Å². The lowest BCUT2D eigenvalue weighted by molar-refractivity contribution is 0.0937. The summed E-state index contributed by atoms with van der Waals surface area (Å²) in [4.78, 5) is 16.1. The van der Waals surface area contributed by atoms with E-state index in [4.69, 9.17) is 5.11 Å². The van der Waals surface area contributed by atoms with Gasteiger partial charge in [0.1, 0.15) is 6.61 Å². The fourth-order valence-electron chi connectivity index (χ4n) is 2.03. The van der Waals surface area contributed by atoms with Crippen molar-refractivity contribution in [2.24, 2.45) is 0 Å². The van der Waals surface area contributed by atoms with Crippen LogP contribution < -0.4 is 5.32 Å². The molecule has 1 atom stereocenters. The maximum absolute atomic E-state index is 12.1. The third-order valence-electron chi connectivity index (χ3n) is 3.18. The van der Waals surface area contributed by atoms with Gasteiger partial charge in [0.25, 0.3) is 5.91 Å². The first-order valence-electron chi connectivity index (χ1n) is 7.53. The Kier molecular flexibility index (Phi) is 8.15. The molecular weight excluding hydrogens is 264 g/mol. The molecule has 1 amide bonds. The maximum atomic E-state index is 12.1. The minimum Gasteiger partial charge on any atom is -0.384 e. The molecule has 0 aromatic carbocycles. The van der Waals surface area contributed by atoms with Gasteiger partial charge in [-0.3, -0.25) is 9.78 Å². The molecule has 2 N–H and O–H groups in total. The Bertz CT molecular complexity index is 503. The number of aromatic nitrogens is 1. The van der Waals surface area contributed by atoms with E-state index >= 15 is 0 Å². The lowest BCUT2D eigenvalue weighted by Crippen LogP contribution is -2.32. The lowest BCUT2D eigenvalue weighted by atomic mass is 10.1. The fourth-order valence-corrected chi connectivity index (χ4v) is 2.03. The van der Waals surface area contributed by atoms with E-state index in [-0.39, 0.29) is 18.6 Å². The third-order valence-corrected chi connectivity index (χ3v) is 3.18. The Balaban J connectivity index is 2.51. The van der Waals surface area contributed by atoms with Gasteiger partial charge in [-0.05, 0) is 19.4 Å². The molecule has 1 rings (SSSR count). The van der Waals surface area contributed by atoms with Crippen molar-refractivity contribution in [3.05, 3.63) is 29.6 Å². The zero-order valence-corrected chi connectivity index (χ0v) is 12.9. The highest BCUT2D eigenvalue weighted by atomic mass is 16.2. The van der Waals surface area contributed by atoms with Gasteiger partial charge in [0.2, 0.25) is 0 Å². The van der Waals surface area contributed by atoms with E-state index in [1.54, 1.807) is 12.3 Å². The molecule has 21 heavy (non-hydrogen) atoms. The van der Waals surface area contributed by atoms with Crippen molar-refractivity contribution in [2.45, 2.75) is 52.0 Å². The van der Waals surface area contributed by atoms with Crippen molar-refractivity contribution >= 4 is 5.91 Å². The summed E-state index contributed by atoms with van der Waals surface area (Å²) in [5.74, 6) is 5.17. The van der Waals surface area contributed by atoms with Gasteiger partial charge >= 0.3 is 0 Å². The number of amides is 1.